The molecule has 1 saturated heterocycles. The molecule has 92 valence electrons. The molecule has 1 aliphatic heterocycles. The Bertz CT molecular complexity index is 462. The maximum Gasteiger partial charge on any atom is 0.266 e. The summed E-state index contributed by atoms with van der Waals surface area (Å²) >= 11 is 5.71. The summed E-state index contributed by atoms with van der Waals surface area (Å²) in [6.07, 6.45) is 5.87. The molecule has 4 nitrogen and oxygen atoms in total. The first kappa shape index (κ1) is 12.2. The fourth-order valence-electron chi connectivity index (χ4n) is 2.04. The van der Waals surface area contributed by atoms with Crippen LogP contribution in [0.3, 0.4) is 0 Å². The summed E-state index contributed by atoms with van der Waals surface area (Å²) in [4.78, 5) is 27.6. The number of carbonyl (C=O) groups excluding carboxylic acids is 1. The highest BCUT2D eigenvalue weighted by Gasteiger charge is 2.17. The molecule has 5 heteroatoms. The average Bonchev–Trinajstić information content (AvgIpc) is 2.60. The van der Waals surface area contributed by atoms with E-state index in [9.17, 15) is 9.59 Å². The molecule has 0 atom stereocenters. The zero-order valence-corrected chi connectivity index (χ0v) is 10.3. The molecule has 0 radical (unpaired) electrons. The van der Waals surface area contributed by atoms with Gasteiger partial charge in [-0.05, 0) is 18.9 Å². The van der Waals surface area contributed by atoms with Crippen molar-refractivity contribution in [3.63, 3.8) is 0 Å². The highest BCUT2D eigenvalue weighted by Crippen LogP contribution is 2.13. The number of aromatic amines is 1. The fourth-order valence-corrected chi connectivity index (χ4v) is 2.21. The van der Waals surface area contributed by atoms with Gasteiger partial charge in [0.25, 0.3) is 11.5 Å². The number of H-pyrrole nitrogens is 1. The lowest BCUT2D eigenvalue weighted by molar-refractivity contribution is 0.0761. The van der Waals surface area contributed by atoms with Gasteiger partial charge in [-0.1, -0.05) is 24.4 Å². The Morgan fingerprint density at radius 1 is 1.24 bits per heavy atom. The summed E-state index contributed by atoms with van der Waals surface area (Å²) in [5.41, 5.74) is 0.0931. The molecule has 1 aromatic heterocycles. The van der Waals surface area contributed by atoms with Crippen LogP contribution < -0.4 is 5.56 Å². The van der Waals surface area contributed by atoms with Gasteiger partial charge in [0.1, 0.15) is 5.02 Å². The van der Waals surface area contributed by atoms with Crippen LogP contribution >= 0.6 is 11.6 Å². The maximum atomic E-state index is 12.2. The second-order valence-electron chi connectivity index (χ2n) is 4.27. The summed E-state index contributed by atoms with van der Waals surface area (Å²) < 4.78 is 0. The number of likely N-dealkylation sites (tertiary alicyclic amines) is 1. The van der Waals surface area contributed by atoms with Gasteiger partial charge in [0.15, 0.2) is 0 Å². The van der Waals surface area contributed by atoms with Crippen LogP contribution in [0.25, 0.3) is 0 Å². The molecular weight excluding hydrogens is 240 g/mol. The number of aromatic nitrogens is 1. The molecule has 1 amide bonds. The van der Waals surface area contributed by atoms with Crippen LogP contribution in [0.4, 0.5) is 0 Å². The van der Waals surface area contributed by atoms with Gasteiger partial charge in [0, 0.05) is 19.3 Å². The third-order valence-corrected chi connectivity index (χ3v) is 3.28. The van der Waals surface area contributed by atoms with Crippen LogP contribution in [0.2, 0.25) is 5.02 Å². The Morgan fingerprint density at radius 3 is 2.47 bits per heavy atom. The zero-order valence-electron chi connectivity index (χ0n) is 9.54. The molecule has 0 aromatic carbocycles. The second-order valence-corrected chi connectivity index (χ2v) is 4.68. The third-order valence-electron chi connectivity index (χ3n) is 3.00. The number of halogens is 1. The van der Waals surface area contributed by atoms with E-state index in [0.717, 1.165) is 25.9 Å². The summed E-state index contributed by atoms with van der Waals surface area (Å²) in [6, 6.07) is 1.44. The van der Waals surface area contributed by atoms with Crippen molar-refractivity contribution in [2.45, 2.75) is 25.7 Å². The monoisotopic (exact) mass is 254 g/mol. The molecule has 0 spiro atoms. The first-order valence-electron chi connectivity index (χ1n) is 5.86. The maximum absolute atomic E-state index is 12.2. The first-order chi connectivity index (χ1) is 8.18. The number of hydrogen-bond acceptors (Lipinski definition) is 2. The van der Waals surface area contributed by atoms with E-state index in [2.05, 4.69) is 4.98 Å². The molecule has 2 rings (SSSR count). The number of nitrogens with one attached hydrogen (secondary N) is 1. The van der Waals surface area contributed by atoms with Crippen molar-refractivity contribution in [2.75, 3.05) is 13.1 Å². The third kappa shape index (κ3) is 2.88. The van der Waals surface area contributed by atoms with E-state index in [4.69, 9.17) is 11.6 Å². The number of hydrogen-bond donors (Lipinski definition) is 1. The normalized spacial score (nSPS) is 16.6. The minimum absolute atomic E-state index is 0.0509. The van der Waals surface area contributed by atoms with Crippen molar-refractivity contribution in [1.29, 1.82) is 0 Å². The molecule has 17 heavy (non-hydrogen) atoms. The van der Waals surface area contributed by atoms with E-state index in [0.29, 0.717) is 5.56 Å². The van der Waals surface area contributed by atoms with Gasteiger partial charge in [-0.15, -0.1) is 0 Å². The molecule has 0 unspecified atom stereocenters. The number of nitrogens with zero attached hydrogens (tertiary/aromatic N) is 1. The Kier molecular flexibility index (Phi) is 3.84. The van der Waals surface area contributed by atoms with Gasteiger partial charge >= 0.3 is 0 Å². The molecule has 0 bridgehead atoms. The van der Waals surface area contributed by atoms with Gasteiger partial charge in [-0.3, -0.25) is 9.59 Å². The number of pyridine rings is 1. The van der Waals surface area contributed by atoms with Crippen molar-refractivity contribution in [2.24, 2.45) is 0 Å². The Morgan fingerprint density at radius 2 is 1.88 bits per heavy atom. The lowest BCUT2D eigenvalue weighted by atomic mass is 10.2. The van der Waals surface area contributed by atoms with Crippen molar-refractivity contribution in [1.82, 2.24) is 9.88 Å². The molecular formula is C12H15ClN2O2. The standard InChI is InChI=1S/C12H15ClN2O2/c13-10-7-9(8-14-11(10)16)12(17)15-5-3-1-2-4-6-15/h7-8H,1-6H2,(H,14,16). The summed E-state index contributed by atoms with van der Waals surface area (Å²) in [5, 5.41) is 0.0608. The molecule has 1 aliphatic rings. The topological polar surface area (TPSA) is 53.2 Å². The van der Waals surface area contributed by atoms with E-state index in [1.807, 2.05) is 4.90 Å². The van der Waals surface area contributed by atoms with Crippen molar-refractivity contribution in [3.8, 4) is 0 Å². The fraction of sp³-hybridized carbons (Fsp3) is 0.500. The zero-order chi connectivity index (χ0) is 12.3. The molecule has 1 N–H and O–H groups in total. The van der Waals surface area contributed by atoms with Gasteiger partial charge < -0.3 is 9.88 Å². The second kappa shape index (κ2) is 5.36. The van der Waals surface area contributed by atoms with Crippen LogP contribution in [-0.2, 0) is 0 Å². The van der Waals surface area contributed by atoms with E-state index in [1.54, 1.807) is 0 Å². The summed E-state index contributed by atoms with van der Waals surface area (Å²) in [7, 11) is 0. The number of carbonyl (C=O) groups is 1. The van der Waals surface area contributed by atoms with Crippen molar-refractivity contribution < 1.29 is 4.79 Å². The van der Waals surface area contributed by atoms with Crippen LogP contribution in [0.15, 0.2) is 17.1 Å². The van der Waals surface area contributed by atoms with E-state index in [1.165, 1.54) is 25.1 Å². The van der Waals surface area contributed by atoms with Crippen LogP contribution in [0.1, 0.15) is 36.0 Å². The number of rotatable bonds is 1. The largest absolute Gasteiger partial charge is 0.339 e. The van der Waals surface area contributed by atoms with Gasteiger partial charge in [0.05, 0.1) is 5.56 Å². The van der Waals surface area contributed by atoms with Gasteiger partial charge in [0.2, 0.25) is 0 Å². The molecule has 1 aromatic rings. The average molecular weight is 255 g/mol. The first-order valence-corrected chi connectivity index (χ1v) is 6.24. The smallest absolute Gasteiger partial charge is 0.266 e. The van der Waals surface area contributed by atoms with Crippen LogP contribution in [0.5, 0.6) is 0 Å². The molecule has 2 heterocycles. The summed E-state index contributed by atoms with van der Waals surface area (Å²) in [6.45, 7) is 1.57. The Hall–Kier alpha value is -1.29. The molecule has 0 saturated carbocycles. The quantitative estimate of drug-likeness (QED) is 0.834. The molecule has 0 aliphatic carbocycles. The predicted molar refractivity (Wildman–Crippen MR) is 66.4 cm³/mol. The van der Waals surface area contributed by atoms with E-state index >= 15 is 0 Å². The summed E-state index contributed by atoms with van der Waals surface area (Å²) in [5.74, 6) is -0.0509. The van der Waals surface area contributed by atoms with E-state index < -0.39 is 0 Å². The lowest BCUT2D eigenvalue weighted by Gasteiger charge is -2.20. The minimum atomic E-state index is -0.362. The molecule has 1 fully saturated rings. The van der Waals surface area contributed by atoms with Crippen molar-refractivity contribution >= 4 is 17.5 Å². The van der Waals surface area contributed by atoms with E-state index in [-0.39, 0.29) is 16.5 Å². The highest BCUT2D eigenvalue weighted by molar-refractivity contribution is 6.30. The lowest BCUT2D eigenvalue weighted by Crippen LogP contribution is -2.32. The number of amides is 1. The minimum Gasteiger partial charge on any atom is -0.339 e. The highest BCUT2D eigenvalue weighted by atomic mass is 35.5. The van der Waals surface area contributed by atoms with Gasteiger partial charge in [-0.25, -0.2) is 0 Å². The SMILES string of the molecule is O=C(c1c[nH]c(=O)c(Cl)c1)N1CCCCCC1. The van der Waals surface area contributed by atoms with Crippen LogP contribution in [0, 0.1) is 0 Å². The van der Waals surface area contributed by atoms with Crippen LogP contribution in [-0.4, -0.2) is 28.9 Å². The Labute approximate surface area is 105 Å². The predicted octanol–water partition coefficient (Wildman–Crippen LogP) is 2.04. The van der Waals surface area contributed by atoms with Gasteiger partial charge in [-0.2, -0.15) is 0 Å². The van der Waals surface area contributed by atoms with Crippen molar-refractivity contribution in [3.05, 3.63) is 33.2 Å². The Balaban J connectivity index is 2.17.